The zero-order chi connectivity index (χ0) is 22.1. The highest BCUT2D eigenvalue weighted by atomic mass is 32.2. The Morgan fingerprint density at radius 3 is 2.30 bits per heavy atom. The Balaban J connectivity index is 1.96. The number of nitrogens with zero attached hydrogens (tertiary/aromatic N) is 1. The molecular formula is C20H26N2O6S2. The minimum absolute atomic E-state index is 0.0907. The Hall–Kier alpha value is -2.46. The Morgan fingerprint density at radius 2 is 1.67 bits per heavy atom. The van der Waals surface area contributed by atoms with E-state index in [0.29, 0.717) is 47.0 Å². The fourth-order valence-electron chi connectivity index (χ4n) is 3.50. The summed E-state index contributed by atoms with van der Waals surface area (Å²) < 4.78 is 65.3. The van der Waals surface area contributed by atoms with Crippen LogP contribution in [0.25, 0.3) is 0 Å². The monoisotopic (exact) mass is 454 g/mol. The van der Waals surface area contributed by atoms with E-state index >= 15 is 0 Å². The molecule has 8 nitrogen and oxygen atoms in total. The van der Waals surface area contributed by atoms with Gasteiger partial charge in [-0.3, -0.25) is 9.03 Å². The van der Waals surface area contributed by atoms with Gasteiger partial charge in [0.15, 0.2) is 11.5 Å². The third kappa shape index (κ3) is 4.34. The molecule has 0 unspecified atom stereocenters. The number of nitrogens with one attached hydrogen (secondary N) is 1. The van der Waals surface area contributed by atoms with Gasteiger partial charge in [0.25, 0.3) is 10.0 Å². The van der Waals surface area contributed by atoms with E-state index in [1.807, 2.05) is 0 Å². The van der Waals surface area contributed by atoms with E-state index in [0.717, 1.165) is 6.42 Å². The third-order valence-corrected chi connectivity index (χ3v) is 8.42. The molecule has 1 aliphatic rings. The van der Waals surface area contributed by atoms with Crippen molar-refractivity contribution in [2.75, 3.05) is 35.5 Å². The molecule has 10 heteroatoms. The van der Waals surface area contributed by atoms with Crippen molar-refractivity contribution in [2.45, 2.75) is 31.6 Å². The summed E-state index contributed by atoms with van der Waals surface area (Å²) in [5.41, 5.74) is 1.90. The molecule has 3 rings (SSSR count). The number of sulfonamides is 2. The van der Waals surface area contributed by atoms with E-state index in [1.165, 1.54) is 30.7 Å². The molecule has 0 aromatic heterocycles. The fraction of sp³-hybridized carbons (Fsp3) is 0.400. The summed E-state index contributed by atoms with van der Waals surface area (Å²) >= 11 is 0. The molecule has 0 atom stereocenters. The van der Waals surface area contributed by atoms with Gasteiger partial charge in [-0.1, -0.05) is 0 Å². The molecule has 0 amide bonds. The zero-order valence-corrected chi connectivity index (χ0v) is 19.1. The number of benzene rings is 2. The molecule has 164 valence electrons. The lowest BCUT2D eigenvalue weighted by Crippen LogP contribution is -2.38. The van der Waals surface area contributed by atoms with Crippen LogP contribution in [0.4, 0.5) is 11.4 Å². The summed E-state index contributed by atoms with van der Waals surface area (Å²) in [5, 5.41) is 0. The summed E-state index contributed by atoms with van der Waals surface area (Å²) in [7, 11) is -4.32. The second kappa shape index (κ2) is 8.35. The van der Waals surface area contributed by atoms with Crippen molar-refractivity contribution in [1.82, 2.24) is 0 Å². The highest BCUT2D eigenvalue weighted by molar-refractivity contribution is 7.93. The number of rotatable bonds is 6. The quantitative estimate of drug-likeness (QED) is 0.720. The van der Waals surface area contributed by atoms with Gasteiger partial charge in [-0.25, -0.2) is 16.8 Å². The average molecular weight is 455 g/mol. The Kier molecular flexibility index (Phi) is 6.19. The maximum absolute atomic E-state index is 13.0. The predicted molar refractivity (Wildman–Crippen MR) is 117 cm³/mol. The maximum Gasteiger partial charge on any atom is 0.262 e. The molecule has 0 radical (unpaired) electrons. The summed E-state index contributed by atoms with van der Waals surface area (Å²) in [4.78, 5) is 0.0907. The lowest BCUT2D eigenvalue weighted by molar-refractivity contribution is 0.355. The van der Waals surface area contributed by atoms with Crippen molar-refractivity contribution < 1.29 is 26.3 Å². The largest absolute Gasteiger partial charge is 0.493 e. The van der Waals surface area contributed by atoms with Gasteiger partial charge < -0.3 is 9.47 Å². The molecule has 0 saturated carbocycles. The number of hydrogen-bond acceptors (Lipinski definition) is 6. The molecular weight excluding hydrogens is 428 g/mol. The van der Waals surface area contributed by atoms with Crippen LogP contribution in [0.3, 0.4) is 0 Å². The van der Waals surface area contributed by atoms with Crippen LogP contribution in [-0.2, 0) is 20.0 Å². The molecule has 2 aromatic carbocycles. The minimum Gasteiger partial charge on any atom is -0.493 e. The van der Waals surface area contributed by atoms with Crippen LogP contribution in [0, 0.1) is 13.8 Å². The smallest absolute Gasteiger partial charge is 0.262 e. The van der Waals surface area contributed by atoms with Crippen LogP contribution in [0.1, 0.15) is 24.0 Å². The summed E-state index contributed by atoms with van der Waals surface area (Å²) in [6.45, 7) is 3.77. The third-order valence-electron chi connectivity index (χ3n) is 5.04. The van der Waals surface area contributed by atoms with Crippen molar-refractivity contribution >= 4 is 31.4 Å². The van der Waals surface area contributed by atoms with Crippen molar-refractivity contribution in [2.24, 2.45) is 0 Å². The first-order valence-electron chi connectivity index (χ1n) is 9.45. The van der Waals surface area contributed by atoms with Gasteiger partial charge in [0, 0.05) is 12.6 Å². The van der Waals surface area contributed by atoms with Gasteiger partial charge in [0.1, 0.15) is 0 Å². The second-order valence-corrected chi connectivity index (χ2v) is 10.8. The normalized spacial score (nSPS) is 16.2. The Morgan fingerprint density at radius 1 is 0.967 bits per heavy atom. The summed E-state index contributed by atoms with van der Waals surface area (Å²) in [6.07, 6.45) is 1.41. The molecule has 30 heavy (non-hydrogen) atoms. The maximum atomic E-state index is 13.0. The number of methoxy groups -OCH3 is 2. The van der Waals surface area contributed by atoms with E-state index in [-0.39, 0.29) is 10.6 Å². The van der Waals surface area contributed by atoms with E-state index < -0.39 is 20.0 Å². The molecule has 1 saturated heterocycles. The SMILES string of the molecule is COc1ccc(NS(=O)(=O)c2cc(C)c(N3CCCCS3(=O)=O)cc2C)cc1OC. The van der Waals surface area contributed by atoms with Crippen LogP contribution in [0.2, 0.25) is 0 Å². The molecule has 1 aliphatic heterocycles. The van der Waals surface area contributed by atoms with E-state index in [1.54, 1.807) is 32.0 Å². The lowest BCUT2D eigenvalue weighted by Gasteiger charge is -2.30. The van der Waals surface area contributed by atoms with Gasteiger partial charge in [0.05, 0.1) is 36.2 Å². The first-order chi connectivity index (χ1) is 14.1. The molecule has 2 aromatic rings. The Bertz CT molecular complexity index is 1160. The number of ether oxygens (including phenoxy) is 2. The first-order valence-corrected chi connectivity index (χ1v) is 12.5. The topological polar surface area (TPSA) is 102 Å². The molecule has 0 spiro atoms. The van der Waals surface area contributed by atoms with E-state index in [4.69, 9.17) is 9.47 Å². The minimum atomic E-state index is -3.90. The summed E-state index contributed by atoms with van der Waals surface area (Å²) in [6, 6.07) is 7.86. The van der Waals surface area contributed by atoms with Crippen LogP contribution >= 0.6 is 0 Å². The molecule has 1 fully saturated rings. The standard InChI is InChI=1S/C20H26N2O6S2/c1-14-12-20(15(2)11-17(14)22-9-5-6-10-29(22,23)24)30(25,26)21-16-7-8-18(27-3)19(13-16)28-4/h7-8,11-13,21H,5-6,9-10H2,1-4H3. The Labute approximate surface area is 177 Å². The van der Waals surface area contributed by atoms with Crippen LogP contribution in [-0.4, -0.2) is 43.4 Å². The van der Waals surface area contributed by atoms with Crippen LogP contribution in [0.15, 0.2) is 35.2 Å². The highest BCUT2D eigenvalue weighted by Crippen LogP contribution is 2.33. The van der Waals surface area contributed by atoms with Crippen molar-refractivity contribution in [3.63, 3.8) is 0 Å². The van der Waals surface area contributed by atoms with Crippen LogP contribution < -0.4 is 18.5 Å². The number of aryl methyl sites for hydroxylation is 2. The summed E-state index contributed by atoms with van der Waals surface area (Å²) in [5.74, 6) is 0.989. The van der Waals surface area contributed by atoms with Crippen molar-refractivity contribution in [3.05, 3.63) is 41.5 Å². The predicted octanol–water partition coefficient (Wildman–Crippen LogP) is 3.05. The molecule has 0 aliphatic carbocycles. The van der Waals surface area contributed by atoms with E-state index in [2.05, 4.69) is 4.72 Å². The molecule has 1 N–H and O–H groups in total. The number of hydrogen-bond donors (Lipinski definition) is 1. The van der Waals surface area contributed by atoms with E-state index in [9.17, 15) is 16.8 Å². The molecule has 1 heterocycles. The van der Waals surface area contributed by atoms with Crippen LogP contribution in [0.5, 0.6) is 11.5 Å². The second-order valence-electron chi connectivity index (χ2n) is 7.17. The van der Waals surface area contributed by atoms with Gasteiger partial charge >= 0.3 is 0 Å². The number of anilines is 2. The molecule has 0 bridgehead atoms. The van der Waals surface area contributed by atoms with Gasteiger partial charge in [0.2, 0.25) is 10.0 Å². The lowest BCUT2D eigenvalue weighted by atomic mass is 10.1. The highest BCUT2D eigenvalue weighted by Gasteiger charge is 2.29. The van der Waals surface area contributed by atoms with Crippen molar-refractivity contribution in [3.8, 4) is 11.5 Å². The fourth-order valence-corrected chi connectivity index (χ4v) is 6.56. The zero-order valence-electron chi connectivity index (χ0n) is 17.4. The average Bonchev–Trinajstić information content (AvgIpc) is 2.68. The van der Waals surface area contributed by atoms with Gasteiger partial charge in [-0.05, 0) is 62.1 Å². The van der Waals surface area contributed by atoms with Crippen molar-refractivity contribution in [1.29, 1.82) is 0 Å². The van der Waals surface area contributed by atoms with Gasteiger partial charge in [-0.15, -0.1) is 0 Å². The first kappa shape index (κ1) is 22.2. The van der Waals surface area contributed by atoms with Gasteiger partial charge in [-0.2, -0.15) is 0 Å².